The van der Waals surface area contributed by atoms with Crippen molar-refractivity contribution in [2.45, 2.75) is 58.6 Å². The number of piperidine rings is 1. The Bertz CT molecular complexity index is 229. The highest BCUT2D eigenvalue weighted by Crippen LogP contribution is 2.16. The Labute approximate surface area is 110 Å². The van der Waals surface area contributed by atoms with E-state index in [2.05, 4.69) is 17.0 Å². The van der Waals surface area contributed by atoms with Gasteiger partial charge in [-0.05, 0) is 52.5 Å². The minimum Gasteiger partial charge on any atom is -0.444 e. The molecule has 0 aliphatic carbocycles. The Hall–Kier alpha value is -0.810. The Morgan fingerprint density at radius 1 is 1.50 bits per heavy atom. The quantitative estimate of drug-likeness (QED) is 0.704. The van der Waals surface area contributed by atoms with Crippen LogP contribution in [0.5, 0.6) is 0 Å². The first-order valence-electron chi connectivity index (χ1n) is 6.61. The minimum atomic E-state index is -0.725. The van der Waals surface area contributed by atoms with Gasteiger partial charge in [-0.1, -0.05) is 6.92 Å². The standard InChI is InChI=1S/C8H17NO.C5H11NO2/c1-2-8-5-7(6-10)3-4-9-8;1-5(2,3)8-4(6)7/h7-10H,2-6H2,1H3;1-3H3,(H2,6,7). The summed E-state index contributed by atoms with van der Waals surface area (Å²) in [5.41, 5.74) is 4.26. The zero-order valence-electron chi connectivity index (χ0n) is 12.0. The maximum atomic E-state index is 10.0. The van der Waals surface area contributed by atoms with Crippen LogP contribution in [0.15, 0.2) is 0 Å². The highest BCUT2D eigenvalue weighted by Gasteiger charge is 2.18. The Morgan fingerprint density at radius 2 is 2.11 bits per heavy atom. The molecule has 18 heavy (non-hydrogen) atoms. The molecule has 5 heteroatoms. The number of hydrogen-bond donors (Lipinski definition) is 3. The Balaban J connectivity index is 0.000000331. The SMILES string of the molecule is CC(C)(C)OC(N)=O.CCC1CC(CO)CCN1. The van der Waals surface area contributed by atoms with Gasteiger partial charge in [0.2, 0.25) is 0 Å². The summed E-state index contributed by atoms with van der Waals surface area (Å²) < 4.78 is 4.58. The van der Waals surface area contributed by atoms with Crippen LogP contribution in [-0.4, -0.2) is 36.0 Å². The summed E-state index contributed by atoms with van der Waals surface area (Å²) in [6.07, 6.45) is 2.77. The lowest BCUT2D eigenvalue weighted by molar-refractivity contribution is 0.0600. The lowest BCUT2D eigenvalue weighted by Gasteiger charge is -2.28. The molecule has 0 aromatic heterocycles. The van der Waals surface area contributed by atoms with Crippen molar-refractivity contribution in [1.29, 1.82) is 0 Å². The molecule has 1 amide bonds. The molecule has 0 spiro atoms. The molecule has 108 valence electrons. The lowest BCUT2D eigenvalue weighted by Crippen LogP contribution is -2.38. The first-order valence-corrected chi connectivity index (χ1v) is 6.61. The number of aliphatic hydroxyl groups excluding tert-OH is 1. The van der Waals surface area contributed by atoms with Crippen LogP contribution in [0.4, 0.5) is 4.79 Å². The predicted molar refractivity (Wildman–Crippen MR) is 72.3 cm³/mol. The summed E-state index contributed by atoms with van der Waals surface area (Å²) in [6, 6.07) is 0.658. The number of carbonyl (C=O) groups is 1. The van der Waals surface area contributed by atoms with Crippen LogP contribution in [0.25, 0.3) is 0 Å². The summed E-state index contributed by atoms with van der Waals surface area (Å²) in [5.74, 6) is 0.561. The van der Waals surface area contributed by atoms with Gasteiger partial charge < -0.3 is 20.9 Å². The van der Waals surface area contributed by atoms with Crippen molar-refractivity contribution in [3.8, 4) is 0 Å². The predicted octanol–water partition coefficient (Wildman–Crippen LogP) is 1.64. The van der Waals surface area contributed by atoms with E-state index in [-0.39, 0.29) is 0 Å². The number of ether oxygens (including phenoxy) is 1. The smallest absolute Gasteiger partial charge is 0.405 e. The van der Waals surface area contributed by atoms with Crippen LogP contribution in [0.3, 0.4) is 0 Å². The molecule has 1 saturated heterocycles. The molecule has 0 aromatic carbocycles. The molecule has 0 saturated carbocycles. The first-order chi connectivity index (χ1) is 8.28. The van der Waals surface area contributed by atoms with E-state index >= 15 is 0 Å². The van der Waals surface area contributed by atoms with Gasteiger partial charge in [-0.2, -0.15) is 0 Å². The van der Waals surface area contributed by atoms with Gasteiger partial charge in [0.1, 0.15) is 5.60 Å². The van der Waals surface area contributed by atoms with Gasteiger partial charge in [-0.15, -0.1) is 0 Å². The van der Waals surface area contributed by atoms with E-state index in [1.807, 2.05) is 0 Å². The van der Waals surface area contributed by atoms with Gasteiger partial charge in [-0.25, -0.2) is 4.79 Å². The van der Waals surface area contributed by atoms with Crippen LogP contribution in [0, 0.1) is 5.92 Å². The van der Waals surface area contributed by atoms with E-state index in [4.69, 9.17) is 10.8 Å². The molecule has 1 heterocycles. The summed E-state index contributed by atoms with van der Waals surface area (Å²) in [7, 11) is 0. The number of hydrogen-bond acceptors (Lipinski definition) is 4. The van der Waals surface area contributed by atoms with E-state index in [9.17, 15) is 4.79 Å². The number of nitrogens with one attached hydrogen (secondary N) is 1. The maximum Gasteiger partial charge on any atom is 0.405 e. The van der Waals surface area contributed by atoms with E-state index in [1.165, 1.54) is 6.42 Å². The number of aliphatic hydroxyl groups is 1. The van der Waals surface area contributed by atoms with Gasteiger partial charge >= 0.3 is 6.09 Å². The van der Waals surface area contributed by atoms with E-state index < -0.39 is 11.7 Å². The molecular weight excluding hydrogens is 232 g/mol. The van der Waals surface area contributed by atoms with Gasteiger partial charge in [-0.3, -0.25) is 0 Å². The lowest BCUT2D eigenvalue weighted by atomic mass is 9.92. The van der Waals surface area contributed by atoms with Crippen molar-refractivity contribution in [1.82, 2.24) is 5.32 Å². The third-order valence-electron chi connectivity index (χ3n) is 2.76. The summed E-state index contributed by atoms with van der Waals surface area (Å²) in [6.45, 7) is 8.94. The third kappa shape index (κ3) is 9.24. The number of amides is 1. The monoisotopic (exact) mass is 260 g/mol. The normalized spacial score (nSPS) is 23.8. The summed E-state index contributed by atoms with van der Waals surface area (Å²) >= 11 is 0. The van der Waals surface area contributed by atoms with Crippen LogP contribution in [0.2, 0.25) is 0 Å². The van der Waals surface area contributed by atoms with Crippen LogP contribution in [0.1, 0.15) is 47.0 Å². The highest BCUT2D eigenvalue weighted by molar-refractivity contribution is 5.65. The van der Waals surface area contributed by atoms with Crippen LogP contribution < -0.4 is 11.1 Å². The van der Waals surface area contributed by atoms with Crippen molar-refractivity contribution < 1.29 is 14.6 Å². The fourth-order valence-electron chi connectivity index (χ4n) is 1.87. The van der Waals surface area contributed by atoms with Crippen LogP contribution in [-0.2, 0) is 4.74 Å². The summed E-state index contributed by atoms with van der Waals surface area (Å²) in [4.78, 5) is 10.0. The van der Waals surface area contributed by atoms with Crippen molar-refractivity contribution >= 4 is 6.09 Å². The number of nitrogens with two attached hydrogens (primary N) is 1. The first kappa shape index (κ1) is 17.2. The van der Waals surface area contributed by atoms with E-state index in [0.29, 0.717) is 18.6 Å². The maximum absolute atomic E-state index is 10.0. The number of primary amides is 1. The zero-order valence-corrected chi connectivity index (χ0v) is 12.0. The molecule has 0 aromatic rings. The van der Waals surface area contributed by atoms with Gasteiger partial charge in [0, 0.05) is 12.6 Å². The van der Waals surface area contributed by atoms with E-state index in [0.717, 1.165) is 19.4 Å². The molecule has 2 atom stereocenters. The highest BCUT2D eigenvalue weighted by atomic mass is 16.6. The second-order valence-electron chi connectivity index (χ2n) is 5.67. The average molecular weight is 260 g/mol. The Morgan fingerprint density at radius 3 is 2.44 bits per heavy atom. The number of carbonyl (C=O) groups excluding carboxylic acids is 1. The van der Waals surface area contributed by atoms with Crippen molar-refractivity contribution in [2.24, 2.45) is 11.7 Å². The fourth-order valence-corrected chi connectivity index (χ4v) is 1.87. The molecule has 4 N–H and O–H groups in total. The number of rotatable bonds is 2. The topological polar surface area (TPSA) is 84.6 Å². The minimum absolute atomic E-state index is 0.373. The van der Waals surface area contributed by atoms with Crippen molar-refractivity contribution in [3.05, 3.63) is 0 Å². The van der Waals surface area contributed by atoms with Gasteiger partial charge in [0.15, 0.2) is 0 Å². The largest absolute Gasteiger partial charge is 0.444 e. The third-order valence-corrected chi connectivity index (χ3v) is 2.76. The fraction of sp³-hybridized carbons (Fsp3) is 0.923. The van der Waals surface area contributed by atoms with Crippen molar-refractivity contribution in [3.63, 3.8) is 0 Å². The Kier molecular flexibility index (Phi) is 7.95. The second-order valence-corrected chi connectivity index (χ2v) is 5.67. The average Bonchev–Trinajstić information content (AvgIpc) is 2.26. The second kappa shape index (κ2) is 8.32. The molecular formula is C13H28N2O3. The summed E-state index contributed by atoms with van der Waals surface area (Å²) in [5, 5.41) is 12.3. The molecule has 1 aliphatic rings. The molecule has 0 bridgehead atoms. The van der Waals surface area contributed by atoms with Gasteiger partial charge in [0.05, 0.1) is 0 Å². The zero-order chi connectivity index (χ0) is 14.2. The van der Waals surface area contributed by atoms with Gasteiger partial charge in [0.25, 0.3) is 0 Å². The molecule has 1 aliphatic heterocycles. The molecule has 5 nitrogen and oxygen atoms in total. The molecule has 1 rings (SSSR count). The molecule has 0 radical (unpaired) electrons. The van der Waals surface area contributed by atoms with E-state index in [1.54, 1.807) is 20.8 Å². The van der Waals surface area contributed by atoms with Crippen LogP contribution >= 0.6 is 0 Å². The molecule has 2 unspecified atom stereocenters. The molecule has 1 fully saturated rings. The van der Waals surface area contributed by atoms with Crippen molar-refractivity contribution in [2.75, 3.05) is 13.2 Å².